The number of ketones is 1. The molecule has 0 saturated heterocycles. The van der Waals surface area contributed by atoms with E-state index in [4.69, 9.17) is 0 Å². The molecular formula is C21H20N4O3S. The number of rotatable bonds is 6. The van der Waals surface area contributed by atoms with Crippen LogP contribution in [0.5, 0.6) is 0 Å². The van der Waals surface area contributed by atoms with Crippen molar-refractivity contribution in [2.75, 3.05) is 13.6 Å². The first-order valence-corrected chi connectivity index (χ1v) is 10.1. The zero-order chi connectivity index (χ0) is 20.5. The van der Waals surface area contributed by atoms with Gasteiger partial charge in [-0.25, -0.2) is 4.98 Å². The van der Waals surface area contributed by atoms with Crippen LogP contribution >= 0.6 is 11.3 Å². The van der Waals surface area contributed by atoms with E-state index in [-0.39, 0.29) is 24.0 Å². The number of nitrogens with zero attached hydrogens (tertiary/aromatic N) is 3. The van der Waals surface area contributed by atoms with Gasteiger partial charge in [-0.15, -0.1) is 11.3 Å². The summed E-state index contributed by atoms with van der Waals surface area (Å²) in [6.45, 7) is 5.12. The number of fused-ring (bicyclic) bond motifs is 3. The van der Waals surface area contributed by atoms with Crippen LogP contribution in [0.15, 0.2) is 42.3 Å². The van der Waals surface area contributed by atoms with Crippen LogP contribution in [-0.4, -0.2) is 45.6 Å². The van der Waals surface area contributed by atoms with E-state index in [9.17, 15) is 14.4 Å². The first kappa shape index (κ1) is 19.1. The van der Waals surface area contributed by atoms with Crippen LogP contribution in [0, 0.1) is 0 Å². The lowest BCUT2D eigenvalue weighted by atomic mass is 10.1. The Morgan fingerprint density at radius 2 is 2.21 bits per heavy atom. The molecule has 1 aliphatic heterocycles. The molecule has 29 heavy (non-hydrogen) atoms. The first-order chi connectivity index (χ1) is 14.0. The van der Waals surface area contributed by atoms with Crippen molar-refractivity contribution in [3.05, 3.63) is 64.3 Å². The molecule has 2 aromatic heterocycles. The van der Waals surface area contributed by atoms with E-state index in [1.165, 1.54) is 22.3 Å². The van der Waals surface area contributed by atoms with Crippen LogP contribution in [0.25, 0.3) is 10.9 Å². The minimum absolute atomic E-state index is 0.0286. The summed E-state index contributed by atoms with van der Waals surface area (Å²) in [6, 6.07) is 7.38. The van der Waals surface area contributed by atoms with Gasteiger partial charge in [0, 0.05) is 42.0 Å². The fourth-order valence-electron chi connectivity index (χ4n) is 3.45. The molecule has 3 aromatic rings. The molecule has 0 radical (unpaired) electrons. The summed E-state index contributed by atoms with van der Waals surface area (Å²) >= 11 is 1.41. The molecule has 0 bridgehead atoms. The number of hydrogen-bond acceptors (Lipinski definition) is 5. The maximum absolute atomic E-state index is 12.8. The number of amides is 2. The van der Waals surface area contributed by atoms with Crippen LogP contribution in [0.1, 0.15) is 31.5 Å². The molecule has 148 valence electrons. The molecule has 0 unspecified atom stereocenters. The lowest BCUT2D eigenvalue weighted by Gasteiger charge is -2.16. The molecule has 3 heterocycles. The molecule has 0 fully saturated rings. The van der Waals surface area contributed by atoms with Gasteiger partial charge in [0.15, 0.2) is 5.78 Å². The summed E-state index contributed by atoms with van der Waals surface area (Å²) in [5.74, 6) is -0.289. The number of aromatic nitrogens is 2. The third-order valence-electron chi connectivity index (χ3n) is 4.94. The zero-order valence-electron chi connectivity index (χ0n) is 16.0. The van der Waals surface area contributed by atoms with E-state index in [1.807, 2.05) is 28.1 Å². The van der Waals surface area contributed by atoms with Crippen LogP contribution in [-0.2, 0) is 24.3 Å². The fourth-order valence-corrected chi connectivity index (χ4v) is 4.23. The van der Waals surface area contributed by atoms with Gasteiger partial charge in [0.25, 0.3) is 5.91 Å². The number of Topliss-reactive ketones (excluding diaryl/α,β-unsaturated/α-hetero) is 1. The van der Waals surface area contributed by atoms with Gasteiger partial charge in [-0.3, -0.25) is 14.4 Å². The van der Waals surface area contributed by atoms with Crippen LogP contribution in [0.3, 0.4) is 0 Å². The Hall–Kier alpha value is -3.26. The van der Waals surface area contributed by atoms with Gasteiger partial charge in [-0.05, 0) is 18.2 Å². The summed E-state index contributed by atoms with van der Waals surface area (Å²) in [5, 5.41) is 6.35. The van der Waals surface area contributed by atoms with Crippen LogP contribution in [0.2, 0.25) is 0 Å². The Kier molecular flexibility index (Phi) is 5.02. The molecule has 4 rings (SSSR count). The maximum Gasteiger partial charge on any atom is 0.268 e. The van der Waals surface area contributed by atoms with Crippen molar-refractivity contribution in [3.8, 4) is 0 Å². The summed E-state index contributed by atoms with van der Waals surface area (Å²) in [5.41, 5.74) is 2.86. The number of likely N-dealkylation sites (N-methyl/N-ethyl adjacent to an activating group) is 1. The van der Waals surface area contributed by atoms with Gasteiger partial charge >= 0.3 is 0 Å². The Balaban J connectivity index is 1.52. The van der Waals surface area contributed by atoms with Gasteiger partial charge in [-0.1, -0.05) is 18.7 Å². The minimum atomic E-state index is -0.173. The van der Waals surface area contributed by atoms with E-state index in [2.05, 4.69) is 16.9 Å². The largest absolute Gasteiger partial charge is 0.349 e. The number of hydrogen-bond donors (Lipinski definition) is 1. The Labute approximate surface area is 171 Å². The molecule has 0 saturated carbocycles. The lowest BCUT2D eigenvalue weighted by molar-refractivity contribution is -0.125. The van der Waals surface area contributed by atoms with E-state index < -0.39 is 0 Å². The molecule has 0 aliphatic carbocycles. The smallest absolute Gasteiger partial charge is 0.268 e. The second-order valence-corrected chi connectivity index (χ2v) is 7.88. The van der Waals surface area contributed by atoms with Gasteiger partial charge in [-0.2, -0.15) is 0 Å². The van der Waals surface area contributed by atoms with E-state index in [0.717, 1.165) is 16.6 Å². The molecule has 2 amide bonds. The first-order valence-electron chi connectivity index (χ1n) is 9.22. The number of carbonyl (C=O) groups excluding carboxylic acids is 3. The average Bonchev–Trinajstić information content (AvgIpc) is 3.31. The highest BCUT2D eigenvalue weighted by molar-refractivity contribution is 7.09. The number of benzene rings is 1. The van der Waals surface area contributed by atoms with E-state index in [1.54, 1.807) is 13.1 Å². The molecule has 1 aliphatic rings. The fraction of sp³-hybridized carbons (Fsp3) is 0.238. The van der Waals surface area contributed by atoms with E-state index in [0.29, 0.717) is 35.9 Å². The van der Waals surface area contributed by atoms with Crippen molar-refractivity contribution in [2.45, 2.75) is 19.5 Å². The van der Waals surface area contributed by atoms with Crippen molar-refractivity contribution in [1.82, 2.24) is 19.8 Å². The average molecular weight is 408 g/mol. The van der Waals surface area contributed by atoms with Crippen molar-refractivity contribution in [2.24, 2.45) is 0 Å². The highest BCUT2D eigenvalue weighted by Gasteiger charge is 2.20. The lowest BCUT2D eigenvalue weighted by Crippen LogP contribution is -2.34. The third-order valence-corrected chi connectivity index (χ3v) is 5.84. The molecule has 7 nitrogen and oxygen atoms in total. The number of carbonyl (C=O) groups is 3. The molecule has 0 spiro atoms. The molecule has 1 aromatic carbocycles. The minimum Gasteiger partial charge on any atom is -0.349 e. The van der Waals surface area contributed by atoms with Crippen molar-refractivity contribution >= 4 is 39.8 Å². The molecule has 1 N–H and O–H groups in total. The summed E-state index contributed by atoms with van der Waals surface area (Å²) in [4.78, 5) is 42.4. The highest BCUT2D eigenvalue weighted by atomic mass is 32.1. The highest BCUT2D eigenvalue weighted by Crippen LogP contribution is 2.24. The third kappa shape index (κ3) is 3.71. The van der Waals surface area contributed by atoms with Crippen molar-refractivity contribution in [1.29, 1.82) is 0 Å². The van der Waals surface area contributed by atoms with Gasteiger partial charge < -0.3 is 14.8 Å². The van der Waals surface area contributed by atoms with Gasteiger partial charge in [0.1, 0.15) is 10.7 Å². The van der Waals surface area contributed by atoms with Gasteiger partial charge in [0.2, 0.25) is 5.91 Å². The second-order valence-electron chi connectivity index (χ2n) is 6.94. The predicted molar refractivity (Wildman–Crippen MR) is 111 cm³/mol. The second kappa shape index (κ2) is 7.63. The Morgan fingerprint density at radius 1 is 1.38 bits per heavy atom. The van der Waals surface area contributed by atoms with E-state index >= 15 is 0 Å². The standard InChI is InChI=1S/C21H20N4O3S/c1-3-20(27)24(2)11-15-12-29-19(23-15)10-18(26)14-5-4-13-8-17-21(28)22-6-7-25(17)16(13)9-14/h3-5,8-9,12H,1,6-7,10-11H2,2H3,(H,22,28). The predicted octanol–water partition coefficient (Wildman–Crippen LogP) is 2.41. The Morgan fingerprint density at radius 3 is 3.00 bits per heavy atom. The van der Waals surface area contributed by atoms with Crippen LogP contribution in [0.4, 0.5) is 0 Å². The SMILES string of the molecule is C=CC(=O)N(C)Cc1csc(CC(=O)c2ccc3cc4n(c3c2)CCNC4=O)n1. The maximum atomic E-state index is 12.8. The molecule has 0 atom stereocenters. The summed E-state index contributed by atoms with van der Waals surface area (Å²) in [7, 11) is 1.68. The van der Waals surface area contributed by atoms with Crippen LogP contribution < -0.4 is 5.32 Å². The number of thiazole rings is 1. The Bertz CT molecular complexity index is 1140. The van der Waals surface area contributed by atoms with Gasteiger partial charge in [0.05, 0.1) is 18.7 Å². The normalized spacial score (nSPS) is 13.1. The van der Waals surface area contributed by atoms with Crippen molar-refractivity contribution in [3.63, 3.8) is 0 Å². The number of nitrogens with one attached hydrogen (secondary N) is 1. The summed E-state index contributed by atoms with van der Waals surface area (Å²) in [6.07, 6.45) is 1.46. The summed E-state index contributed by atoms with van der Waals surface area (Å²) < 4.78 is 1.96. The topological polar surface area (TPSA) is 84.3 Å². The zero-order valence-corrected chi connectivity index (χ0v) is 16.8. The monoisotopic (exact) mass is 408 g/mol. The molecule has 8 heteroatoms. The quantitative estimate of drug-likeness (QED) is 0.501. The molecular weight excluding hydrogens is 388 g/mol. The van der Waals surface area contributed by atoms with Crippen molar-refractivity contribution < 1.29 is 14.4 Å².